The van der Waals surface area contributed by atoms with Crippen LogP contribution in [0.25, 0.3) is 0 Å². The first-order chi connectivity index (χ1) is 11.6. The normalized spacial score (nSPS) is 16.9. The summed E-state index contributed by atoms with van der Waals surface area (Å²) in [7, 11) is 4.06. The van der Waals surface area contributed by atoms with Crippen molar-refractivity contribution < 1.29 is 4.74 Å². The Morgan fingerprint density at radius 3 is 2.71 bits per heavy atom. The summed E-state index contributed by atoms with van der Waals surface area (Å²) in [5.74, 6) is 1.39. The topological polar surface area (TPSA) is 62.9 Å². The van der Waals surface area contributed by atoms with E-state index in [0.29, 0.717) is 19.1 Å². The minimum absolute atomic E-state index is 0.148. The lowest BCUT2D eigenvalue weighted by Crippen LogP contribution is -2.37. The second-order valence-corrected chi connectivity index (χ2v) is 6.13. The van der Waals surface area contributed by atoms with E-state index in [-0.39, 0.29) is 6.04 Å². The molecule has 1 aliphatic heterocycles. The number of fused-ring (bicyclic) bond motifs is 1. The molecule has 5 heteroatoms. The van der Waals surface area contributed by atoms with Crippen LogP contribution in [0.2, 0.25) is 0 Å². The lowest BCUT2D eigenvalue weighted by atomic mass is 10.0. The Bertz CT molecular complexity index is 710. The maximum absolute atomic E-state index is 6.08. The molecule has 126 valence electrons. The van der Waals surface area contributed by atoms with Gasteiger partial charge in [0.15, 0.2) is 5.96 Å². The number of rotatable bonds is 4. The molecule has 2 aromatic rings. The zero-order valence-corrected chi connectivity index (χ0v) is 14.2. The Balaban J connectivity index is 1.63. The monoisotopic (exact) mass is 324 g/mol. The first-order valence-electron chi connectivity index (χ1n) is 8.18. The van der Waals surface area contributed by atoms with Crippen molar-refractivity contribution in [3.8, 4) is 5.75 Å². The summed E-state index contributed by atoms with van der Waals surface area (Å²) in [4.78, 5) is 6.54. The summed E-state index contributed by atoms with van der Waals surface area (Å²) >= 11 is 0. The lowest BCUT2D eigenvalue weighted by Gasteiger charge is -2.26. The number of anilines is 1. The van der Waals surface area contributed by atoms with Crippen molar-refractivity contribution in [1.29, 1.82) is 0 Å². The van der Waals surface area contributed by atoms with E-state index in [4.69, 9.17) is 10.5 Å². The van der Waals surface area contributed by atoms with Crippen molar-refractivity contribution in [3.63, 3.8) is 0 Å². The van der Waals surface area contributed by atoms with Crippen molar-refractivity contribution in [3.05, 3.63) is 59.7 Å². The molecule has 0 aromatic heterocycles. The van der Waals surface area contributed by atoms with Crippen LogP contribution >= 0.6 is 0 Å². The van der Waals surface area contributed by atoms with Gasteiger partial charge in [-0.15, -0.1) is 0 Å². The Labute approximate surface area is 143 Å². The molecule has 0 aliphatic carbocycles. The molecule has 1 aliphatic rings. The second kappa shape index (κ2) is 7.25. The van der Waals surface area contributed by atoms with Crippen molar-refractivity contribution in [2.45, 2.75) is 19.0 Å². The van der Waals surface area contributed by atoms with Gasteiger partial charge in [-0.1, -0.05) is 30.3 Å². The Kier molecular flexibility index (Phi) is 4.89. The standard InChI is InChI=1S/C19H24N4O/c1-23(2)15-9-7-14(8-10-15)13-21-19(20)22-17-11-12-24-18-6-4-3-5-16(17)18/h3-10,17H,11-13H2,1-2H3,(H3,20,21,22). The van der Waals surface area contributed by atoms with Crippen LogP contribution in [0.15, 0.2) is 53.5 Å². The fourth-order valence-electron chi connectivity index (χ4n) is 2.79. The highest BCUT2D eigenvalue weighted by atomic mass is 16.5. The maximum Gasteiger partial charge on any atom is 0.189 e. The summed E-state index contributed by atoms with van der Waals surface area (Å²) in [5, 5.41) is 3.31. The van der Waals surface area contributed by atoms with Crippen LogP contribution in [0.3, 0.4) is 0 Å². The first kappa shape index (κ1) is 16.2. The largest absolute Gasteiger partial charge is 0.493 e. The summed E-state index contributed by atoms with van der Waals surface area (Å²) in [5.41, 5.74) is 9.52. The van der Waals surface area contributed by atoms with Crippen LogP contribution < -0.4 is 20.7 Å². The van der Waals surface area contributed by atoms with Gasteiger partial charge in [-0.2, -0.15) is 0 Å². The number of hydrogen-bond donors (Lipinski definition) is 2. The number of guanidine groups is 1. The van der Waals surface area contributed by atoms with E-state index in [1.54, 1.807) is 0 Å². The third kappa shape index (κ3) is 3.79. The van der Waals surface area contributed by atoms with E-state index in [2.05, 4.69) is 45.5 Å². The van der Waals surface area contributed by atoms with Gasteiger partial charge < -0.3 is 20.7 Å². The van der Waals surface area contributed by atoms with Gasteiger partial charge in [0.2, 0.25) is 0 Å². The van der Waals surface area contributed by atoms with Crippen LogP contribution in [0, 0.1) is 0 Å². The van der Waals surface area contributed by atoms with Crippen molar-refractivity contribution in [2.75, 3.05) is 25.6 Å². The molecule has 1 atom stereocenters. The molecule has 0 amide bonds. The van der Waals surface area contributed by atoms with E-state index in [0.717, 1.165) is 23.3 Å². The third-order valence-electron chi connectivity index (χ3n) is 4.17. The fourth-order valence-corrected chi connectivity index (χ4v) is 2.79. The average Bonchev–Trinajstić information content (AvgIpc) is 2.61. The number of nitrogens with two attached hydrogens (primary N) is 1. The number of hydrogen-bond acceptors (Lipinski definition) is 3. The highest BCUT2D eigenvalue weighted by molar-refractivity contribution is 5.78. The quantitative estimate of drug-likeness (QED) is 0.670. The minimum atomic E-state index is 0.148. The predicted molar refractivity (Wildman–Crippen MR) is 98.5 cm³/mol. The zero-order chi connectivity index (χ0) is 16.9. The SMILES string of the molecule is CN(C)c1ccc(CN=C(N)NC2CCOc3ccccc32)cc1. The zero-order valence-electron chi connectivity index (χ0n) is 14.2. The molecule has 3 N–H and O–H groups in total. The molecule has 0 spiro atoms. The molecule has 0 radical (unpaired) electrons. The van der Waals surface area contributed by atoms with Gasteiger partial charge in [0, 0.05) is 31.8 Å². The molecule has 0 bridgehead atoms. The molecule has 5 nitrogen and oxygen atoms in total. The number of aliphatic imine (C=N–C) groups is 1. The summed E-state index contributed by atoms with van der Waals surface area (Å²) in [6, 6.07) is 16.5. The smallest absolute Gasteiger partial charge is 0.189 e. The Hall–Kier alpha value is -2.69. The average molecular weight is 324 g/mol. The number of ether oxygens (including phenoxy) is 1. The molecule has 1 unspecified atom stereocenters. The molecule has 0 fully saturated rings. The van der Waals surface area contributed by atoms with E-state index < -0.39 is 0 Å². The van der Waals surface area contributed by atoms with Crippen molar-refractivity contribution in [1.82, 2.24) is 5.32 Å². The van der Waals surface area contributed by atoms with E-state index in [1.165, 1.54) is 5.69 Å². The lowest BCUT2D eigenvalue weighted by molar-refractivity contribution is 0.262. The molecule has 1 heterocycles. The van der Waals surface area contributed by atoms with Crippen molar-refractivity contribution in [2.24, 2.45) is 10.7 Å². The van der Waals surface area contributed by atoms with Gasteiger partial charge in [-0.25, -0.2) is 4.99 Å². The summed E-state index contributed by atoms with van der Waals surface area (Å²) in [6.45, 7) is 1.26. The van der Waals surface area contributed by atoms with Crippen molar-refractivity contribution >= 4 is 11.6 Å². The molecule has 0 saturated heterocycles. The van der Waals surface area contributed by atoms with Crippen LogP contribution in [0.1, 0.15) is 23.6 Å². The second-order valence-electron chi connectivity index (χ2n) is 6.13. The molecule has 3 rings (SSSR count). The summed E-state index contributed by atoms with van der Waals surface area (Å²) < 4.78 is 5.67. The van der Waals surface area contributed by atoms with Gasteiger partial charge in [-0.3, -0.25) is 0 Å². The Morgan fingerprint density at radius 1 is 1.21 bits per heavy atom. The van der Waals surface area contributed by atoms with Gasteiger partial charge >= 0.3 is 0 Å². The molecule has 0 saturated carbocycles. The number of para-hydroxylation sites is 1. The van der Waals surface area contributed by atoms with Crippen LogP contribution in [-0.4, -0.2) is 26.7 Å². The molecular formula is C19H24N4O. The number of nitrogens with one attached hydrogen (secondary N) is 1. The highest BCUT2D eigenvalue weighted by Crippen LogP contribution is 2.31. The minimum Gasteiger partial charge on any atom is -0.493 e. The third-order valence-corrected chi connectivity index (χ3v) is 4.17. The van der Waals surface area contributed by atoms with Crippen LogP contribution in [0.4, 0.5) is 5.69 Å². The molecule has 2 aromatic carbocycles. The predicted octanol–water partition coefficient (Wildman–Crippen LogP) is 2.68. The van der Waals surface area contributed by atoms with Gasteiger partial charge in [-0.05, 0) is 23.8 Å². The maximum atomic E-state index is 6.08. The fraction of sp³-hybridized carbons (Fsp3) is 0.316. The van der Waals surface area contributed by atoms with E-state index in [1.807, 2.05) is 32.3 Å². The Morgan fingerprint density at radius 2 is 1.96 bits per heavy atom. The first-order valence-corrected chi connectivity index (χ1v) is 8.18. The van der Waals surface area contributed by atoms with Gasteiger partial charge in [0.05, 0.1) is 19.2 Å². The summed E-state index contributed by atoms with van der Waals surface area (Å²) in [6.07, 6.45) is 0.880. The van der Waals surface area contributed by atoms with Crippen LogP contribution in [0.5, 0.6) is 5.75 Å². The number of benzene rings is 2. The number of nitrogens with zero attached hydrogens (tertiary/aromatic N) is 2. The van der Waals surface area contributed by atoms with E-state index in [9.17, 15) is 0 Å². The van der Waals surface area contributed by atoms with Gasteiger partial charge in [0.25, 0.3) is 0 Å². The van der Waals surface area contributed by atoms with E-state index >= 15 is 0 Å². The molecule has 24 heavy (non-hydrogen) atoms. The van der Waals surface area contributed by atoms with Gasteiger partial charge in [0.1, 0.15) is 5.75 Å². The van der Waals surface area contributed by atoms with Crippen LogP contribution in [-0.2, 0) is 6.54 Å². The molecular weight excluding hydrogens is 300 g/mol. The highest BCUT2D eigenvalue weighted by Gasteiger charge is 2.21.